The average molecular weight is 466 g/mol. The molecule has 0 spiro atoms. The van der Waals surface area contributed by atoms with Gasteiger partial charge in [0.15, 0.2) is 22.9 Å². The van der Waals surface area contributed by atoms with Crippen LogP contribution in [0.4, 0.5) is 5.69 Å². The van der Waals surface area contributed by atoms with E-state index in [2.05, 4.69) is 0 Å². The van der Waals surface area contributed by atoms with Gasteiger partial charge < -0.3 is 24.2 Å². The Balaban J connectivity index is 1.34. The van der Waals surface area contributed by atoms with Gasteiger partial charge in [0.25, 0.3) is 5.91 Å². The van der Waals surface area contributed by atoms with E-state index in [0.717, 1.165) is 0 Å². The Hall–Kier alpha value is -3.55. The van der Waals surface area contributed by atoms with Crippen LogP contribution in [0.5, 0.6) is 17.2 Å². The number of fused-ring (bicyclic) bond motifs is 2. The average Bonchev–Trinajstić information content (AvgIpc) is 3.37. The molecule has 3 aromatic rings. The van der Waals surface area contributed by atoms with E-state index in [9.17, 15) is 14.7 Å². The number of halogens is 1. The number of ketones is 1. The molecule has 0 aliphatic carbocycles. The van der Waals surface area contributed by atoms with Crippen molar-refractivity contribution in [2.45, 2.75) is 12.0 Å². The summed E-state index contributed by atoms with van der Waals surface area (Å²) in [5.41, 5.74) is -0.675. The lowest BCUT2D eigenvalue weighted by molar-refractivity contribution is -0.135. The maximum atomic E-state index is 13.3. The minimum atomic E-state index is -1.97. The molecule has 0 aromatic heterocycles. The summed E-state index contributed by atoms with van der Waals surface area (Å²) in [4.78, 5) is 27.8. The first kappa shape index (κ1) is 21.3. The Labute approximate surface area is 195 Å². The highest BCUT2D eigenvalue weighted by Gasteiger charge is 2.50. The fraction of sp³-hybridized carbons (Fsp3) is 0.200. The predicted molar refractivity (Wildman–Crippen MR) is 121 cm³/mol. The molecule has 2 heterocycles. The van der Waals surface area contributed by atoms with Crippen LogP contribution in [0.2, 0.25) is 5.02 Å². The molecule has 1 amide bonds. The summed E-state index contributed by atoms with van der Waals surface area (Å²) < 4.78 is 16.3. The van der Waals surface area contributed by atoms with Gasteiger partial charge in [-0.25, -0.2) is 0 Å². The van der Waals surface area contributed by atoms with Crippen molar-refractivity contribution in [3.63, 3.8) is 0 Å². The first-order valence-corrected chi connectivity index (χ1v) is 10.8. The van der Waals surface area contributed by atoms with Gasteiger partial charge in [-0.05, 0) is 48.5 Å². The van der Waals surface area contributed by atoms with E-state index in [1.807, 2.05) is 0 Å². The van der Waals surface area contributed by atoms with Crippen LogP contribution in [-0.2, 0) is 10.4 Å². The standard InChI is InChI=1S/C25H20ClNO6/c26-17-6-8-18(9-7-17)31-12-11-27-20-4-2-1-3-19(20)25(30,24(27)29)14-21(28)16-5-10-22-23(13-16)33-15-32-22/h1-10,13,30H,11-12,14-15H2. The Morgan fingerprint density at radius 3 is 2.64 bits per heavy atom. The van der Waals surface area contributed by atoms with E-state index in [1.54, 1.807) is 66.7 Å². The monoisotopic (exact) mass is 465 g/mol. The van der Waals surface area contributed by atoms with Crippen molar-refractivity contribution in [2.75, 3.05) is 24.8 Å². The summed E-state index contributed by atoms with van der Waals surface area (Å²) in [7, 11) is 0. The second-order valence-electron chi connectivity index (χ2n) is 7.80. The summed E-state index contributed by atoms with van der Waals surface area (Å²) >= 11 is 5.89. The quantitative estimate of drug-likeness (QED) is 0.532. The molecule has 2 aliphatic rings. The maximum absolute atomic E-state index is 13.3. The van der Waals surface area contributed by atoms with Crippen molar-refractivity contribution >= 4 is 29.0 Å². The lowest BCUT2D eigenvalue weighted by Gasteiger charge is -2.23. The van der Waals surface area contributed by atoms with Crippen LogP contribution in [0.3, 0.4) is 0 Å². The molecule has 2 aliphatic heterocycles. The van der Waals surface area contributed by atoms with Crippen LogP contribution in [0, 0.1) is 0 Å². The first-order valence-electron chi connectivity index (χ1n) is 10.4. The molecule has 0 saturated heterocycles. The number of carbonyl (C=O) groups excluding carboxylic acids is 2. The van der Waals surface area contributed by atoms with E-state index in [-0.39, 0.29) is 25.7 Å². The molecule has 3 aromatic carbocycles. The molecule has 1 N–H and O–H groups in total. The third kappa shape index (κ3) is 3.90. The summed E-state index contributed by atoms with van der Waals surface area (Å²) in [5, 5.41) is 12.0. The van der Waals surface area contributed by atoms with Crippen molar-refractivity contribution < 1.29 is 28.9 Å². The minimum absolute atomic E-state index is 0.0931. The molecule has 5 rings (SSSR count). The van der Waals surface area contributed by atoms with E-state index in [0.29, 0.717) is 39.1 Å². The normalized spacial score (nSPS) is 18.4. The third-order valence-corrected chi connectivity index (χ3v) is 6.00. The number of para-hydroxylation sites is 1. The number of nitrogens with zero attached hydrogens (tertiary/aromatic N) is 1. The van der Waals surface area contributed by atoms with Gasteiger partial charge in [0, 0.05) is 16.1 Å². The Morgan fingerprint density at radius 1 is 1.06 bits per heavy atom. The molecule has 7 nitrogen and oxygen atoms in total. The van der Waals surface area contributed by atoms with Crippen LogP contribution >= 0.6 is 11.6 Å². The second kappa shape index (κ2) is 8.42. The lowest BCUT2D eigenvalue weighted by Crippen LogP contribution is -2.43. The number of anilines is 1. The van der Waals surface area contributed by atoms with Gasteiger partial charge in [-0.3, -0.25) is 9.59 Å². The predicted octanol–water partition coefficient (Wildman–Crippen LogP) is 3.95. The number of hydrogen-bond acceptors (Lipinski definition) is 6. The third-order valence-electron chi connectivity index (χ3n) is 5.75. The van der Waals surface area contributed by atoms with Crippen LogP contribution in [0.15, 0.2) is 66.7 Å². The summed E-state index contributed by atoms with van der Waals surface area (Å²) in [5.74, 6) is 0.703. The molecule has 8 heteroatoms. The number of rotatable bonds is 7. The minimum Gasteiger partial charge on any atom is -0.492 e. The molecule has 168 valence electrons. The zero-order valence-corrected chi connectivity index (χ0v) is 18.2. The van der Waals surface area contributed by atoms with Crippen molar-refractivity contribution in [3.8, 4) is 17.2 Å². The maximum Gasteiger partial charge on any atom is 0.264 e. The van der Waals surface area contributed by atoms with Gasteiger partial charge in [0.1, 0.15) is 12.4 Å². The highest BCUT2D eigenvalue weighted by molar-refractivity contribution is 6.30. The number of hydrogen-bond donors (Lipinski definition) is 1. The highest BCUT2D eigenvalue weighted by atomic mass is 35.5. The number of ether oxygens (including phenoxy) is 3. The Bertz CT molecular complexity index is 1230. The van der Waals surface area contributed by atoms with Gasteiger partial charge in [-0.2, -0.15) is 0 Å². The fourth-order valence-electron chi connectivity index (χ4n) is 4.09. The number of Topliss-reactive ketones (excluding diaryl/α,β-unsaturated/α-hetero) is 1. The van der Waals surface area contributed by atoms with E-state index >= 15 is 0 Å². The van der Waals surface area contributed by atoms with Crippen molar-refractivity contribution in [1.29, 1.82) is 0 Å². The number of amides is 1. The largest absolute Gasteiger partial charge is 0.492 e. The van der Waals surface area contributed by atoms with Crippen LogP contribution in [-0.4, -0.2) is 36.7 Å². The summed E-state index contributed by atoms with van der Waals surface area (Å²) in [6.07, 6.45) is -0.392. The molecule has 0 saturated carbocycles. The van der Waals surface area contributed by atoms with Crippen molar-refractivity contribution in [3.05, 3.63) is 82.9 Å². The molecule has 1 atom stereocenters. The number of carbonyl (C=O) groups is 2. The molecule has 1 unspecified atom stereocenters. The zero-order chi connectivity index (χ0) is 23.0. The summed E-state index contributed by atoms with van der Waals surface area (Å²) in [6, 6.07) is 18.6. The van der Waals surface area contributed by atoms with Gasteiger partial charge in [0.05, 0.1) is 18.7 Å². The van der Waals surface area contributed by atoms with Crippen molar-refractivity contribution in [2.24, 2.45) is 0 Å². The van der Waals surface area contributed by atoms with Crippen LogP contribution in [0.1, 0.15) is 22.3 Å². The van der Waals surface area contributed by atoms with E-state index < -0.39 is 17.9 Å². The van der Waals surface area contributed by atoms with Crippen LogP contribution < -0.4 is 19.1 Å². The van der Waals surface area contributed by atoms with Gasteiger partial charge in [0.2, 0.25) is 6.79 Å². The zero-order valence-electron chi connectivity index (χ0n) is 17.5. The number of aliphatic hydroxyl groups is 1. The highest BCUT2D eigenvalue weighted by Crippen LogP contribution is 2.43. The Kier molecular flexibility index (Phi) is 5.44. The molecule has 0 fully saturated rings. The Morgan fingerprint density at radius 2 is 1.82 bits per heavy atom. The SMILES string of the molecule is O=C(CC1(O)C(=O)N(CCOc2ccc(Cl)cc2)c2ccccc21)c1ccc2c(c1)OCO2. The van der Waals surface area contributed by atoms with Crippen LogP contribution in [0.25, 0.3) is 0 Å². The molecule has 33 heavy (non-hydrogen) atoms. The van der Waals surface area contributed by atoms with Crippen molar-refractivity contribution in [1.82, 2.24) is 0 Å². The smallest absolute Gasteiger partial charge is 0.264 e. The molecular formula is C25H20ClNO6. The summed E-state index contributed by atoms with van der Waals surface area (Å²) in [6.45, 7) is 0.503. The molecule has 0 bridgehead atoms. The first-order chi connectivity index (χ1) is 16.0. The van der Waals surface area contributed by atoms with Gasteiger partial charge >= 0.3 is 0 Å². The van der Waals surface area contributed by atoms with Gasteiger partial charge in [-0.15, -0.1) is 0 Å². The second-order valence-corrected chi connectivity index (χ2v) is 8.24. The van der Waals surface area contributed by atoms with E-state index in [4.69, 9.17) is 25.8 Å². The number of benzene rings is 3. The molecular weight excluding hydrogens is 446 g/mol. The van der Waals surface area contributed by atoms with E-state index in [1.165, 1.54) is 4.90 Å². The lowest BCUT2D eigenvalue weighted by atomic mass is 9.88. The van der Waals surface area contributed by atoms with Gasteiger partial charge in [-0.1, -0.05) is 29.8 Å². The topological polar surface area (TPSA) is 85.3 Å². The fourth-order valence-corrected chi connectivity index (χ4v) is 4.22. The molecule has 0 radical (unpaired) electrons.